The first kappa shape index (κ1) is 18.7. The molecule has 3 atom stereocenters. The van der Waals surface area contributed by atoms with Gasteiger partial charge in [-0.2, -0.15) is 4.31 Å². The first-order valence-corrected chi connectivity index (χ1v) is 11.3. The molecule has 3 heterocycles. The summed E-state index contributed by atoms with van der Waals surface area (Å²) in [7, 11) is -3.25. The maximum absolute atomic E-state index is 13.2. The molecule has 3 aliphatic rings. The molecule has 27 heavy (non-hydrogen) atoms. The summed E-state index contributed by atoms with van der Waals surface area (Å²) in [5, 5.41) is 9.95. The first-order chi connectivity index (χ1) is 12.7. The van der Waals surface area contributed by atoms with Gasteiger partial charge in [-0.1, -0.05) is 6.07 Å². The van der Waals surface area contributed by atoms with Crippen LogP contribution >= 0.6 is 0 Å². The lowest BCUT2D eigenvalue weighted by Gasteiger charge is -2.50. The summed E-state index contributed by atoms with van der Waals surface area (Å²) in [5.41, 5.74) is 0.627. The second-order valence-electron chi connectivity index (χ2n) is 8.08. The lowest BCUT2D eigenvalue weighted by Crippen LogP contribution is -2.61. The van der Waals surface area contributed by atoms with E-state index < -0.39 is 15.6 Å². The Balaban J connectivity index is 1.57. The molecule has 2 bridgehead atoms. The number of aromatic hydroxyl groups is 1. The third-order valence-corrected chi connectivity index (χ3v) is 7.54. The average Bonchev–Trinajstić information content (AvgIpc) is 2.88. The van der Waals surface area contributed by atoms with E-state index in [-0.39, 0.29) is 23.7 Å². The van der Waals surface area contributed by atoms with Crippen molar-refractivity contribution in [3.8, 4) is 5.75 Å². The molecule has 3 saturated heterocycles. The predicted molar refractivity (Wildman–Crippen MR) is 100 cm³/mol. The zero-order valence-corrected chi connectivity index (χ0v) is 16.5. The summed E-state index contributed by atoms with van der Waals surface area (Å²) in [6, 6.07) is 5.11. The molecule has 0 aliphatic carbocycles. The van der Waals surface area contributed by atoms with Gasteiger partial charge in [0.05, 0.1) is 18.5 Å². The number of phenolic OH excluding ortho intramolecular Hbond substituents is 1. The number of amides is 1. The van der Waals surface area contributed by atoms with Crippen molar-refractivity contribution in [2.24, 2.45) is 0 Å². The van der Waals surface area contributed by atoms with Gasteiger partial charge in [-0.05, 0) is 44.7 Å². The van der Waals surface area contributed by atoms with Crippen LogP contribution in [-0.4, -0.2) is 72.3 Å². The Labute approximate surface area is 160 Å². The number of ether oxygens (including phenoxy) is 1. The Bertz CT molecular complexity index is 855. The molecule has 1 amide bonds. The molecule has 1 N–H and O–H groups in total. The maximum Gasteiger partial charge on any atom is 0.254 e. The molecule has 7 nitrogen and oxygen atoms in total. The monoisotopic (exact) mass is 394 g/mol. The SMILES string of the molecule is Cc1c(O)cccc1C(=O)N1[C@@H]2CC[C@H]1CC1(C2)CN(S(C)(=O)=O)CCO1. The third-order valence-electron chi connectivity index (χ3n) is 6.29. The van der Waals surface area contributed by atoms with Crippen LogP contribution in [0.2, 0.25) is 0 Å². The lowest BCUT2D eigenvalue weighted by atomic mass is 9.84. The fraction of sp³-hybridized carbons (Fsp3) is 0.632. The van der Waals surface area contributed by atoms with Crippen molar-refractivity contribution in [3.05, 3.63) is 29.3 Å². The largest absolute Gasteiger partial charge is 0.508 e. The summed E-state index contributed by atoms with van der Waals surface area (Å²) < 4.78 is 31.6. The second-order valence-corrected chi connectivity index (χ2v) is 10.1. The molecular formula is C19H26N2O5S. The zero-order chi connectivity index (χ0) is 19.4. The van der Waals surface area contributed by atoms with Crippen molar-refractivity contribution in [3.63, 3.8) is 0 Å². The number of benzene rings is 1. The fourth-order valence-electron chi connectivity index (χ4n) is 4.97. The van der Waals surface area contributed by atoms with E-state index in [2.05, 4.69) is 0 Å². The van der Waals surface area contributed by atoms with Crippen LogP contribution in [0, 0.1) is 6.92 Å². The highest BCUT2D eigenvalue weighted by atomic mass is 32.2. The zero-order valence-electron chi connectivity index (χ0n) is 15.7. The number of piperidine rings is 1. The smallest absolute Gasteiger partial charge is 0.254 e. The molecule has 0 aromatic heterocycles. The van der Waals surface area contributed by atoms with Gasteiger partial charge in [-0.15, -0.1) is 0 Å². The van der Waals surface area contributed by atoms with Gasteiger partial charge in [0.2, 0.25) is 10.0 Å². The van der Waals surface area contributed by atoms with Gasteiger partial charge in [0, 0.05) is 36.3 Å². The highest BCUT2D eigenvalue weighted by molar-refractivity contribution is 7.88. The number of carbonyl (C=O) groups is 1. The van der Waals surface area contributed by atoms with Crippen LogP contribution in [0.15, 0.2) is 18.2 Å². The number of hydrogen-bond donors (Lipinski definition) is 1. The van der Waals surface area contributed by atoms with Crippen LogP contribution in [0.5, 0.6) is 5.75 Å². The Hall–Kier alpha value is -1.64. The van der Waals surface area contributed by atoms with Crippen LogP contribution < -0.4 is 0 Å². The second kappa shape index (κ2) is 6.46. The van der Waals surface area contributed by atoms with Gasteiger partial charge in [-0.25, -0.2) is 8.42 Å². The molecule has 3 aliphatic heterocycles. The van der Waals surface area contributed by atoms with Crippen molar-refractivity contribution < 1.29 is 23.1 Å². The van der Waals surface area contributed by atoms with Crippen molar-refractivity contribution in [1.29, 1.82) is 0 Å². The van der Waals surface area contributed by atoms with Gasteiger partial charge >= 0.3 is 0 Å². The molecule has 1 aromatic carbocycles. The van der Waals surface area contributed by atoms with Gasteiger partial charge < -0.3 is 14.7 Å². The molecule has 1 aromatic rings. The van der Waals surface area contributed by atoms with Crippen molar-refractivity contribution in [1.82, 2.24) is 9.21 Å². The Morgan fingerprint density at radius 1 is 1.26 bits per heavy atom. The van der Waals surface area contributed by atoms with Crippen LogP contribution in [0.4, 0.5) is 0 Å². The number of phenols is 1. The quantitative estimate of drug-likeness (QED) is 0.821. The summed E-state index contributed by atoms with van der Waals surface area (Å²) in [6.07, 6.45) is 4.35. The van der Waals surface area contributed by atoms with E-state index in [9.17, 15) is 18.3 Å². The molecular weight excluding hydrogens is 368 g/mol. The Morgan fingerprint density at radius 3 is 2.56 bits per heavy atom. The molecule has 1 unspecified atom stereocenters. The van der Waals surface area contributed by atoms with Gasteiger partial charge in [-0.3, -0.25) is 4.79 Å². The minimum absolute atomic E-state index is 0.0394. The van der Waals surface area contributed by atoms with Crippen molar-refractivity contribution in [2.75, 3.05) is 26.0 Å². The average molecular weight is 394 g/mol. The summed E-state index contributed by atoms with van der Waals surface area (Å²) >= 11 is 0. The Kier molecular flexibility index (Phi) is 4.48. The maximum atomic E-state index is 13.2. The number of nitrogens with zero attached hydrogens (tertiary/aromatic N) is 2. The van der Waals surface area contributed by atoms with E-state index >= 15 is 0 Å². The first-order valence-electron chi connectivity index (χ1n) is 9.40. The highest BCUT2D eigenvalue weighted by Gasteiger charge is 2.53. The topological polar surface area (TPSA) is 87.2 Å². The number of hydrogen-bond acceptors (Lipinski definition) is 5. The van der Waals surface area contributed by atoms with E-state index in [1.54, 1.807) is 25.1 Å². The van der Waals surface area contributed by atoms with Crippen LogP contribution in [0.3, 0.4) is 0 Å². The molecule has 148 valence electrons. The summed E-state index contributed by atoms with van der Waals surface area (Å²) in [6.45, 7) is 2.91. The van der Waals surface area contributed by atoms with Gasteiger partial charge in [0.25, 0.3) is 5.91 Å². The minimum atomic E-state index is -3.25. The molecule has 4 rings (SSSR count). The third kappa shape index (κ3) is 3.23. The van der Waals surface area contributed by atoms with E-state index in [4.69, 9.17) is 4.74 Å². The molecule has 0 radical (unpaired) electrons. The highest BCUT2D eigenvalue weighted by Crippen LogP contribution is 2.45. The number of sulfonamides is 1. The number of morpholine rings is 1. The number of carbonyl (C=O) groups excluding carboxylic acids is 1. The predicted octanol–water partition coefficient (Wildman–Crippen LogP) is 1.50. The summed E-state index contributed by atoms with van der Waals surface area (Å²) in [4.78, 5) is 15.1. The standard InChI is InChI=1S/C19H26N2O5S/c1-13-16(4-3-5-17(13)22)18(23)21-14-6-7-15(21)11-19(10-14)12-20(8-9-26-19)27(2,24)25/h3-5,14-15,22H,6-12H2,1-2H3/t14-,15+,19?. The van der Waals surface area contributed by atoms with E-state index in [1.807, 2.05) is 4.90 Å². The van der Waals surface area contributed by atoms with Crippen LogP contribution in [0.1, 0.15) is 41.6 Å². The van der Waals surface area contributed by atoms with E-state index in [0.717, 1.165) is 12.8 Å². The lowest BCUT2D eigenvalue weighted by molar-refractivity contribution is -0.129. The summed E-state index contributed by atoms with van der Waals surface area (Å²) in [5.74, 6) is 0.0719. The molecule has 1 spiro atoms. The number of fused-ring (bicyclic) bond motifs is 2. The van der Waals surface area contributed by atoms with Crippen LogP contribution in [-0.2, 0) is 14.8 Å². The van der Waals surface area contributed by atoms with Gasteiger partial charge in [0.15, 0.2) is 0 Å². The Morgan fingerprint density at radius 2 is 1.93 bits per heavy atom. The minimum Gasteiger partial charge on any atom is -0.508 e. The molecule has 0 saturated carbocycles. The van der Waals surface area contributed by atoms with Crippen molar-refractivity contribution in [2.45, 2.75) is 50.3 Å². The normalized spacial score (nSPS) is 31.4. The van der Waals surface area contributed by atoms with E-state index in [0.29, 0.717) is 43.7 Å². The molecule has 3 fully saturated rings. The number of rotatable bonds is 2. The van der Waals surface area contributed by atoms with Crippen LogP contribution in [0.25, 0.3) is 0 Å². The van der Waals surface area contributed by atoms with Crippen molar-refractivity contribution >= 4 is 15.9 Å². The fourth-order valence-corrected chi connectivity index (χ4v) is 5.85. The van der Waals surface area contributed by atoms with Gasteiger partial charge in [0.1, 0.15) is 5.75 Å². The molecule has 8 heteroatoms. The van der Waals surface area contributed by atoms with E-state index in [1.165, 1.54) is 10.6 Å².